The molecular formula is C13H20N2O2. The van der Waals surface area contributed by atoms with Crippen LogP contribution in [0.25, 0.3) is 0 Å². The third-order valence-electron chi connectivity index (χ3n) is 2.54. The van der Waals surface area contributed by atoms with Crippen molar-refractivity contribution in [3.05, 3.63) is 35.4 Å². The van der Waals surface area contributed by atoms with Crippen LogP contribution in [0.1, 0.15) is 38.0 Å². The Morgan fingerprint density at radius 2 is 1.82 bits per heavy atom. The summed E-state index contributed by atoms with van der Waals surface area (Å²) in [5.74, 6) is 0. The van der Waals surface area contributed by atoms with Gasteiger partial charge in [0.2, 0.25) is 0 Å². The third-order valence-corrected chi connectivity index (χ3v) is 2.54. The van der Waals surface area contributed by atoms with E-state index in [9.17, 15) is 4.79 Å². The zero-order valence-corrected chi connectivity index (χ0v) is 10.6. The van der Waals surface area contributed by atoms with Crippen LogP contribution in [0.3, 0.4) is 0 Å². The Morgan fingerprint density at radius 3 is 2.18 bits per heavy atom. The van der Waals surface area contributed by atoms with E-state index in [-0.39, 0.29) is 11.5 Å². The van der Waals surface area contributed by atoms with Gasteiger partial charge in [-0.1, -0.05) is 45.0 Å². The molecule has 4 nitrogen and oxygen atoms in total. The number of rotatable bonds is 3. The molecule has 0 bridgehead atoms. The summed E-state index contributed by atoms with van der Waals surface area (Å²) < 4.78 is 5.18. The van der Waals surface area contributed by atoms with Gasteiger partial charge in [-0.3, -0.25) is 0 Å². The molecule has 0 saturated carbocycles. The molecule has 1 unspecified atom stereocenters. The van der Waals surface area contributed by atoms with Crippen molar-refractivity contribution in [3.63, 3.8) is 0 Å². The maximum atomic E-state index is 10.9. The summed E-state index contributed by atoms with van der Waals surface area (Å²) in [5, 5.41) is 0. The largest absolute Gasteiger partial charge is 0.441 e. The minimum absolute atomic E-state index is 0.209. The molecule has 1 aromatic carbocycles. The van der Waals surface area contributed by atoms with Crippen LogP contribution in [0.5, 0.6) is 0 Å². The standard InChI is InChI=1S/C13H20N2O2/c1-13(2,3)11(17-12(15)16)10-6-4-9(8-14)5-7-10/h4-7,11H,8,14H2,1-3H3,(H2,15,16). The molecule has 0 radical (unpaired) electrons. The highest BCUT2D eigenvalue weighted by molar-refractivity contribution is 5.65. The summed E-state index contributed by atoms with van der Waals surface area (Å²) in [6.45, 7) is 6.49. The van der Waals surface area contributed by atoms with Crippen molar-refractivity contribution in [3.8, 4) is 0 Å². The van der Waals surface area contributed by atoms with Crippen molar-refractivity contribution in [1.29, 1.82) is 0 Å². The van der Waals surface area contributed by atoms with Crippen molar-refractivity contribution < 1.29 is 9.53 Å². The van der Waals surface area contributed by atoms with Crippen LogP contribution < -0.4 is 11.5 Å². The van der Waals surface area contributed by atoms with Gasteiger partial charge in [-0.25, -0.2) is 4.79 Å². The summed E-state index contributed by atoms with van der Waals surface area (Å²) in [5.41, 5.74) is 12.4. The average Bonchev–Trinajstić information content (AvgIpc) is 2.24. The highest BCUT2D eigenvalue weighted by atomic mass is 16.6. The molecule has 4 heteroatoms. The van der Waals surface area contributed by atoms with Gasteiger partial charge in [-0.15, -0.1) is 0 Å². The predicted octanol–water partition coefficient (Wildman–Crippen LogP) is 2.33. The van der Waals surface area contributed by atoms with Gasteiger partial charge in [0.1, 0.15) is 6.10 Å². The quantitative estimate of drug-likeness (QED) is 0.845. The van der Waals surface area contributed by atoms with Gasteiger partial charge in [0.15, 0.2) is 0 Å². The second-order valence-electron chi connectivity index (χ2n) is 5.13. The fraction of sp³-hybridized carbons (Fsp3) is 0.462. The lowest BCUT2D eigenvalue weighted by atomic mass is 9.84. The molecule has 0 aliphatic heterocycles. The molecule has 0 fully saturated rings. The molecule has 94 valence electrons. The van der Waals surface area contributed by atoms with Crippen molar-refractivity contribution >= 4 is 6.09 Å². The SMILES string of the molecule is CC(C)(C)C(OC(N)=O)c1ccc(CN)cc1. The topological polar surface area (TPSA) is 78.3 Å². The molecule has 1 aromatic rings. The number of ether oxygens (including phenoxy) is 1. The van der Waals surface area contributed by atoms with Gasteiger partial charge >= 0.3 is 6.09 Å². The van der Waals surface area contributed by atoms with E-state index in [0.717, 1.165) is 11.1 Å². The fourth-order valence-corrected chi connectivity index (χ4v) is 1.69. The van der Waals surface area contributed by atoms with Gasteiger partial charge in [0, 0.05) is 12.0 Å². The van der Waals surface area contributed by atoms with E-state index < -0.39 is 6.09 Å². The van der Waals surface area contributed by atoms with Crippen LogP contribution in [-0.2, 0) is 11.3 Å². The van der Waals surface area contributed by atoms with Gasteiger partial charge in [-0.05, 0) is 11.1 Å². The lowest BCUT2D eigenvalue weighted by Crippen LogP contribution is -2.26. The van der Waals surface area contributed by atoms with E-state index in [0.29, 0.717) is 6.54 Å². The van der Waals surface area contributed by atoms with Crippen LogP contribution in [0.2, 0.25) is 0 Å². The summed E-state index contributed by atoms with van der Waals surface area (Å²) in [4.78, 5) is 10.9. The van der Waals surface area contributed by atoms with Gasteiger partial charge in [-0.2, -0.15) is 0 Å². The maximum absolute atomic E-state index is 10.9. The molecule has 0 aliphatic carbocycles. The average molecular weight is 236 g/mol. The molecule has 0 aliphatic rings. The highest BCUT2D eigenvalue weighted by Crippen LogP contribution is 2.35. The number of carbonyl (C=O) groups is 1. The van der Waals surface area contributed by atoms with Crippen LogP contribution in [0, 0.1) is 5.41 Å². The molecular weight excluding hydrogens is 216 g/mol. The first kappa shape index (κ1) is 13.5. The van der Waals surface area contributed by atoms with Gasteiger partial charge in [0.25, 0.3) is 0 Å². The number of carbonyl (C=O) groups excluding carboxylic acids is 1. The summed E-state index contributed by atoms with van der Waals surface area (Å²) in [6, 6.07) is 7.69. The van der Waals surface area contributed by atoms with E-state index in [1.54, 1.807) is 0 Å². The highest BCUT2D eigenvalue weighted by Gasteiger charge is 2.29. The van der Waals surface area contributed by atoms with Gasteiger partial charge < -0.3 is 16.2 Å². The first-order chi connectivity index (χ1) is 7.84. The maximum Gasteiger partial charge on any atom is 0.405 e. The van der Waals surface area contributed by atoms with E-state index in [1.807, 2.05) is 45.0 Å². The monoisotopic (exact) mass is 236 g/mol. The zero-order chi connectivity index (χ0) is 13.1. The first-order valence-corrected chi connectivity index (χ1v) is 5.59. The molecule has 4 N–H and O–H groups in total. The Morgan fingerprint density at radius 1 is 1.29 bits per heavy atom. The minimum atomic E-state index is -0.757. The molecule has 0 saturated heterocycles. The lowest BCUT2D eigenvalue weighted by molar-refractivity contribution is 0.0360. The number of hydrogen-bond acceptors (Lipinski definition) is 3. The number of benzene rings is 1. The van der Waals surface area contributed by atoms with Crippen LogP contribution >= 0.6 is 0 Å². The van der Waals surface area contributed by atoms with Crippen molar-refractivity contribution in [1.82, 2.24) is 0 Å². The molecule has 1 atom stereocenters. The Labute approximate surface area is 102 Å². The smallest absolute Gasteiger partial charge is 0.405 e. The second-order valence-corrected chi connectivity index (χ2v) is 5.13. The number of nitrogens with two attached hydrogens (primary N) is 2. The van der Waals surface area contributed by atoms with E-state index in [1.165, 1.54) is 0 Å². The summed E-state index contributed by atoms with van der Waals surface area (Å²) in [7, 11) is 0. The van der Waals surface area contributed by atoms with Crippen LogP contribution in [0.4, 0.5) is 4.79 Å². The molecule has 17 heavy (non-hydrogen) atoms. The molecule has 1 rings (SSSR count). The van der Waals surface area contributed by atoms with E-state index >= 15 is 0 Å². The Kier molecular flexibility index (Phi) is 4.12. The zero-order valence-electron chi connectivity index (χ0n) is 10.6. The van der Waals surface area contributed by atoms with Crippen molar-refractivity contribution in [2.24, 2.45) is 16.9 Å². The molecule has 0 heterocycles. The van der Waals surface area contributed by atoms with E-state index in [2.05, 4.69) is 0 Å². The van der Waals surface area contributed by atoms with E-state index in [4.69, 9.17) is 16.2 Å². The number of primary amides is 1. The second kappa shape index (κ2) is 5.19. The molecule has 0 aromatic heterocycles. The normalized spacial score (nSPS) is 13.2. The van der Waals surface area contributed by atoms with Crippen molar-refractivity contribution in [2.75, 3.05) is 0 Å². The van der Waals surface area contributed by atoms with Crippen LogP contribution in [0.15, 0.2) is 24.3 Å². The summed E-state index contributed by atoms with van der Waals surface area (Å²) in [6.07, 6.45) is -1.11. The van der Waals surface area contributed by atoms with Crippen molar-refractivity contribution in [2.45, 2.75) is 33.4 Å². The molecule has 0 spiro atoms. The lowest BCUT2D eigenvalue weighted by Gasteiger charge is -2.30. The molecule has 1 amide bonds. The first-order valence-electron chi connectivity index (χ1n) is 5.59. The Hall–Kier alpha value is -1.55. The van der Waals surface area contributed by atoms with Gasteiger partial charge in [0.05, 0.1) is 0 Å². The van der Waals surface area contributed by atoms with Crippen LogP contribution in [-0.4, -0.2) is 6.09 Å². The number of hydrogen-bond donors (Lipinski definition) is 2. The third kappa shape index (κ3) is 3.75. The number of amides is 1. The summed E-state index contributed by atoms with van der Waals surface area (Å²) >= 11 is 0. The Balaban J connectivity index is 3.00. The predicted molar refractivity (Wildman–Crippen MR) is 67.2 cm³/mol. The Bertz CT molecular complexity index is 379. The fourth-order valence-electron chi connectivity index (χ4n) is 1.69. The minimum Gasteiger partial charge on any atom is -0.441 e.